The van der Waals surface area contributed by atoms with Crippen molar-refractivity contribution in [1.29, 1.82) is 0 Å². The van der Waals surface area contributed by atoms with Crippen molar-refractivity contribution < 1.29 is 148 Å². The van der Waals surface area contributed by atoms with E-state index in [1.54, 1.807) is 19.0 Å². The largest absolute Gasteiger partial charge is 1.00 e. The summed E-state index contributed by atoms with van der Waals surface area (Å²) < 4.78 is 391. The Kier molecular flexibility index (Phi) is 29.3. The topological polar surface area (TPSA) is 95.6 Å². The number of halogens is 27. The molecule has 0 radical (unpaired) electrons. The van der Waals surface area contributed by atoms with E-state index in [9.17, 15) is 131 Å². The number of rotatable bonds is 28. The third kappa shape index (κ3) is 28.2. The van der Waals surface area contributed by atoms with Gasteiger partial charge >= 0.3 is 49.4 Å². The van der Waals surface area contributed by atoms with Gasteiger partial charge in [0.05, 0.1) is 62.9 Å². The van der Waals surface area contributed by atoms with E-state index in [0.29, 0.717) is 30.4 Å². The summed E-state index contributed by atoms with van der Waals surface area (Å²) in [4.78, 5) is 1.75. The highest BCUT2D eigenvalue weighted by Crippen LogP contribution is 2.55. The fourth-order valence-corrected chi connectivity index (χ4v) is 8.93. The standard InChI is InChI=1S/C19H30F13N2O2S.C18H27F13N2O2S.ClH/c1-34(2,3)9-6-8-33-37(35,36)10-5-4-7-13(16(21,22)23)11-14(17(24,25)26)12-15(20,18(27,28)29)19(30,31)32;1-33(2)8-5-7-32-36(34,35)9-4-3-6-12(15(20,21)22)10-13(16(23,24)25)11-14(19,17(26,27)28)18(29,30)31;/h13-14,33H,4-12H2,1-3H3;12-13,32H,3-11H2,1-2H3;1H/q+1;;/p-1. The molecule has 0 rings (SSSR count). The molecule has 0 aromatic heterocycles. The second-order valence-electron chi connectivity index (χ2n) is 18.4. The minimum Gasteiger partial charge on any atom is -1.00 e. The zero-order valence-electron chi connectivity index (χ0n) is 39.6. The molecule has 2 N–H and O–H groups in total. The van der Waals surface area contributed by atoms with Gasteiger partial charge in [0, 0.05) is 32.4 Å². The van der Waals surface area contributed by atoms with Crippen LogP contribution < -0.4 is 21.9 Å². The van der Waals surface area contributed by atoms with E-state index in [-0.39, 0.29) is 25.5 Å². The van der Waals surface area contributed by atoms with Crippen molar-refractivity contribution in [2.24, 2.45) is 23.7 Å². The van der Waals surface area contributed by atoms with Crippen LogP contribution in [0.15, 0.2) is 0 Å². The molecule has 0 aromatic rings. The molecule has 0 aromatic carbocycles. The Morgan fingerprint density at radius 2 is 0.689 bits per heavy atom. The Hall–Kier alpha value is -1.79. The van der Waals surface area contributed by atoms with Crippen LogP contribution in [-0.2, 0) is 20.0 Å². The summed E-state index contributed by atoms with van der Waals surface area (Å²) in [5, 5.41) is 0. The lowest BCUT2D eigenvalue weighted by Crippen LogP contribution is -3.00. The molecule has 37 heteroatoms. The molecule has 0 saturated heterocycles. The van der Waals surface area contributed by atoms with Crippen LogP contribution in [0.3, 0.4) is 0 Å². The van der Waals surface area contributed by atoms with E-state index in [1.165, 1.54) is 0 Å². The maximum Gasteiger partial charge on any atom is 0.431 e. The van der Waals surface area contributed by atoms with Crippen molar-refractivity contribution in [3.05, 3.63) is 0 Å². The van der Waals surface area contributed by atoms with Crippen molar-refractivity contribution in [2.75, 3.05) is 72.9 Å². The van der Waals surface area contributed by atoms with E-state index in [2.05, 4.69) is 9.44 Å². The normalized spacial score (nSPS) is 16.3. The highest BCUT2D eigenvalue weighted by Gasteiger charge is 2.75. The van der Waals surface area contributed by atoms with Crippen molar-refractivity contribution >= 4 is 20.0 Å². The lowest BCUT2D eigenvalue weighted by atomic mass is 9.82. The van der Waals surface area contributed by atoms with E-state index >= 15 is 0 Å². The number of alkyl halides is 26. The number of nitrogens with zero attached hydrogens (tertiary/aromatic N) is 2. The summed E-state index contributed by atoms with van der Waals surface area (Å²) in [6.07, 6.45) is -65.6. The molecular formula is C37H57ClF26N4O4S2. The average molecular weight is 1220 g/mol. The highest BCUT2D eigenvalue weighted by molar-refractivity contribution is 7.89. The summed E-state index contributed by atoms with van der Waals surface area (Å²) in [7, 11) is 1.06. The predicted molar refractivity (Wildman–Crippen MR) is 211 cm³/mol. The molecule has 8 nitrogen and oxygen atoms in total. The van der Waals surface area contributed by atoms with Gasteiger partial charge in [0.25, 0.3) is 11.3 Å². The molecule has 0 heterocycles. The van der Waals surface area contributed by atoms with Crippen LogP contribution >= 0.6 is 0 Å². The van der Waals surface area contributed by atoms with Gasteiger partial charge in [0.1, 0.15) is 0 Å². The van der Waals surface area contributed by atoms with E-state index in [4.69, 9.17) is 0 Å². The first kappa shape index (κ1) is 76.4. The van der Waals surface area contributed by atoms with E-state index in [1.807, 2.05) is 21.1 Å². The number of hydrogen-bond donors (Lipinski definition) is 2. The molecule has 0 aliphatic rings. The molecule has 0 fully saturated rings. The molecule has 0 amide bonds. The molecule has 450 valence electrons. The minimum atomic E-state index is -6.87. The van der Waals surface area contributed by atoms with Crippen LogP contribution in [0.5, 0.6) is 0 Å². The second kappa shape index (κ2) is 28.4. The Morgan fingerprint density at radius 1 is 0.419 bits per heavy atom. The first-order valence-electron chi connectivity index (χ1n) is 21.3. The van der Waals surface area contributed by atoms with Gasteiger partial charge in [-0.05, 0) is 65.6 Å². The third-order valence-corrected chi connectivity index (χ3v) is 13.6. The monoisotopic (exact) mass is 1210 g/mol. The molecular weight excluding hydrogens is 1160 g/mol. The Balaban J connectivity index is -0.00000134. The maximum atomic E-state index is 13.9. The first-order chi connectivity index (χ1) is 32.0. The van der Waals surface area contributed by atoms with Crippen molar-refractivity contribution in [2.45, 2.75) is 138 Å². The number of nitrogens with one attached hydrogen (secondary N) is 2. The molecule has 74 heavy (non-hydrogen) atoms. The molecule has 0 spiro atoms. The van der Waals surface area contributed by atoms with Gasteiger partial charge in [-0.15, -0.1) is 0 Å². The number of unbranched alkanes of at least 4 members (excludes halogenated alkanes) is 2. The van der Waals surface area contributed by atoms with Gasteiger partial charge in [0.2, 0.25) is 20.0 Å². The SMILES string of the molecule is CN(C)CCCNS(=O)(=O)CCCCC(CC(CC(F)(C(F)(F)F)C(F)(F)F)C(F)(F)F)C(F)(F)F.C[N+](C)(C)CCCNS(=O)(=O)CCCCC(CC(CC(F)(C(F)(F)F)C(F)(F)F)C(F)(F)F)C(F)(F)F.[Cl-]. The van der Waals surface area contributed by atoms with Gasteiger partial charge in [-0.25, -0.2) is 35.1 Å². The quantitative estimate of drug-likeness (QED) is 0.0464. The molecule has 0 bridgehead atoms. The van der Waals surface area contributed by atoms with Gasteiger partial charge in [-0.2, -0.15) is 105 Å². The molecule has 0 aliphatic heterocycles. The van der Waals surface area contributed by atoms with Crippen LogP contribution in [-0.4, -0.2) is 160 Å². The minimum absolute atomic E-state index is 0. The number of quaternary nitrogens is 1. The van der Waals surface area contributed by atoms with Crippen LogP contribution in [0.4, 0.5) is 114 Å². The van der Waals surface area contributed by atoms with E-state index < -0.39 is 180 Å². The van der Waals surface area contributed by atoms with Crippen LogP contribution in [0.25, 0.3) is 0 Å². The van der Waals surface area contributed by atoms with Crippen molar-refractivity contribution in [3.63, 3.8) is 0 Å². The lowest BCUT2D eigenvalue weighted by molar-refractivity contribution is -0.870. The molecule has 4 atom stereocenters. The van der Waals surface area contributed by atoms with Gasteiger partial charge in [0.15, 0.2) is 0 Å². The lowest BCUT2D eigenvalue weighted by Gasteiger charge is -2.35. The second-order valence-corrected chi connectivity index (χ2v) is 22.2. The zero-order chi connectivity index (χ0) is 58.5. The Bertz CT molecular complexity index is 1800. The summed E-state index contributed by atoms with van der Waals surface area (Å²) in [5.74, 6) is -15.4. The third-order valence-electron chi connectivity index (χ3n) is 10.7. The van der Waals surface area contributed by atoms with Crippen LogP contribution in [0, 0.1) is 23.7 Å². The Labute approximate surface area is 416 Å². The fourth-order valence-electron chi connectivity index (χ4n) is 6.56. The molecule has 4 unspecified atom stereocenters. The first-order valence-corrected chi connectivity index (χ1v) is 24.6. The molecule has 0 aliphatic carbocycles. The zero-order valence-corrected chi connectivity index (χ0v) is 42.0. The number of hydrogen-bond acceptors (Lipinski definition) is 5. The Morgan fingerprint density at radius 3 is 0.919 bits per heavy atom. The smallest absolute Gasteiger partial charge is 0.431 e. The van der Waals surface area contributed by atoms with Crippen LogP contribution in [0.2, 0.25) is 0 Å². The van der Waals surface area contributed by atoms with Crippen molar-refractivity contribution in [1.82, 2.24) is 14.3 Å². The van der Waals surface area contributed by atoms with Gasteiger partial charge in [-0.1, -0.05) is 12.8 Å². The summed E-state index contributed by atoms with van der Waals surface area (Å²) in [5.41, 5.74) is -12.8. The van der Waals surface area contributed by atoms with E-state index in [0.717, 1.165) is 0 Å². The van der Waals surface area contributed by atoms with Gasteiger partial charge < -0.3 is 21.8 Å². The summed E-state index contributed by atoms with van der Waals surface area (Å²) in [6.45, 7) is 1.11. The van der Waals surface area contributed by atoms with Crippen LogP contribution in [0.1, 0.15) is 77.0 Å². The van der Waals surface area contributed by atoms with Crippen molar-refractivity contribution in [3.8, 4) is 0 Å². The summed E-state index contributed by atoms with van der Waals surface area (Å²) >= 11 is 0. The fraction of sp³-hybridized carbons (Fsp3) is 1.00. The summed E-state index contributed by atoms with van der Waals surface area (Å²) in [6, 6.07) is 0. The highest BCUT2D eigenvalue weighted by atomic mass is 35.5. The predicted octanol–water partition coefficient (Wildman–Crippen LogP) is 9.14. The average Bonchev–Trinajstić information content (AvgIpc) is 3.12. The number of sulfonamides is 2. The maximum absolute atomic E-state index is 13.9. The molecule has 0 saturated carbocycles. The van der Waals surface area contributed by atoms with Gasteiger partial charge in [-0.3, -0.25) is 0 Å².